The van der Waals surface area contributed by atoms with Crippen LogP contribution >= 0.6 is 0 Å². The van der Waals surface area contributed by atoms with Crippen LogP contribution in [0.1, 0.15) is 444 Å². The molecule has 1 aliphatic heterocycles. The fourth-order valence-electron chi connectivity index (χ4n) is 14.1. The van der Waals surface area contributed by atoms with Crippen molar-refractivity contribution in [1.29, 1.82) is 0 Å². The molecule has 1 aliphatic rings. The summed E-state index contributed by atoms with van der Waals surface area (Å²) in [5, 5.41) is 54.6. The minimum Gasteiger partial charge on any atom is -0.466 e. The Morgan fingerprint density at radius 2 is 0.680 bits per heavy atom. The lowest BCUT2D eigenvalue weighted by atomic mass is 9.99. The first-order chi connectivity index (χ1) is 49.2. The number of carbonyl (C=O) groups is 2. The van der Waals surface area contributed by atoms with Crippen molar-refractivity contribution < 1.29 is 49.3 Å². The number of rotatable bonds is 79. The van der Waals surface area contributed by atoms with Gasteiger partial charge in [-0.2, -0.15) is 0 Å². The van der Waals surface area contributed by atoms with Crippen molar-refractivity contribution in [3.8, 4) is 0 Å². The van der Waals surface area contributed by atoms with Crippen LogP contribution in [0.2, 0.25) is 0 Å². The first kappa shape index (κ1) is 95.6. The molecule has 11 heteroatoms. The van der Waals surface area contributed by atoms with Gasteiger partial charge in [0.05, 0.1) is 32.0 Å². The van der Waals surface area contributed by atoms with E-state index < -0.39 is 49.5 Å². The van der Waals surface area contributed by atoms with Gasteiger partial charge in [-0.05, 0) is 77.0 Å². The van der Waals surface area contributed by atoms with E-state index in [9.17, 15) is 35.1 Å². The number of ether oxygens (including phenoxy) is 3. The van der Waals surface area contributed by atoms with Gasteiger partial charge in [0.15, 0.2) is 6.29 Å². The van der Waals surface area contributed by atoms with E-state index in [0.29, 0.717) is 19.4 Å². The quantitative estimate of drug-likeness (QED) is 0.0195. The van der Waals surface area contributed by atoms with Crippen LogP contribution in [0, 0.1) is 0 Å². The summed E-state index contributed by atoms with van der Waals surface area (Å²) in [4.78, 5) is 25.3. The Hall–Kier alpha value is -2.38. The number of nitrogens with one attached hydrogen (secondary N) is 1. The molecule has 100 heavy (non-hydrogen) atoms. The van der Waals surface area contributed by atoms with Crippen molar-refractivity contribution in [1.82, 2.24) is 5.32 Å². The summed E-state index contributed by atoms with van der Waals surface area (Å²) in [5.74, 6) is -0.166. The molecular formula is C89H167NO10. The predicted octanol–water partition coefficient (Wildman–Crippen LogP) is 24.6. The Morgan fingerprint density at radius 3 is 1.05 bits per heavy atom. The van der Waals surface area contributed by atoms with Gasteiger partial charge in [-0.15, -0.1) is 0 Å². The van der Waals surface area contributed by atoms with Gasteiger partial charge in [0.1, 0.15) is 24.4 Å². The van der Waals surface area contributed by atoms with Crippen LogP contribution in [0.4, 0.5) is 0 Å². The van der Waals surface area contributed by atoms with Crippen molar-refractivity contribution in [3.63, 3.8) is 0 Å². The lowest BCUT2D eigenvalue weighted by Crippen LogP contribution is -2.60. The molecule has 1 saturated heterocycles. The SMILES string of the molecule is CCCCCCCCCC/C=C/CC/C=C/C(O)C(COC1OC(CO)C(O)C(O)C1O)NC(=O)CCCCCCCCCCCCCCCCCCC/C=C\C/C=C\CCCCCCCCCCCCCCCCCOC(=O)CCCCCCCCCCCCCCCCCCCCC. The summed E-state index contributed by atoms with van der Waals surface area (Å²) in [6.45, 7) is 4.39. The number of unbranched alkanes of at least 4 members (excludes halogenated alkanes) is 59. The minimum atomic E-state index is -1.58. The molecule has 1 fully saturated rings. The highest BCUT2D eigenvalue weighted by Crippen LogP contribution is 2.24. The molecular weight excluding hydrogens is 1240 g/mol. The van der Waals surface area contributed by atoms with Crippen LogP contribution in [-0.4, -0.2) is 100 Å². The molecule has 6 N–H and O–H groups in total. The molecule has 7 atom stereocenters. The predicted molar refractivity (Wildman–Crippen MR) is 426 cm³/mol. The molecule has 0 aromatic rings. The summed E-state index contributed by atoms with van der Waals surface area (Å²) in [5.41, 5.74) is 0. The fourth-order valence-corrected chi connectivity index (χ4v) is 14.1. The smallest absolute Gasteiger partial charge is 0.305 e. The maximum Gasteiger partial charge on any atom is 0.305 e. The Labute approximate surface area is 618 Å². The maximum absolute atomic E-state index is 13.1. The molecule has 0 aliphatic carbocycles. The van der Waals surface area contributed by atoms with Crippen LogP contribution in [0.15, 0.2) is 48.6 Å². The maximum atomic E-state index is 13.1. The second kappa shape index (κ2) is 77.7. The molecule has 0 spiro atoms. The first-order valence-corrected chi connectivity index (χ1v) is 43.9. The highest BCUT2D eigenvalue weighted by atomic mass is 16.7. The largest absolute Gasteiger partial charge is 0.466 e. The first-order valence-electron chi connectivity index (χ1n) is 43.9. The molecule has 0 bridgehead atoms. The number of hydrogen-bond donors (Lipinski definition) is 6. The number of allylic oxidation sites excluding steroid dienone is 7. The lowest BCUT2D eigenvalue weighted by Gasteiger charge is -2.40. The van der Waals surface area contributed by atoms with Crippen molar-refractivity contribution >= 4 is 11.9 Å². The van der Waals surface area contributed by atoms with Gasteiger partial charge in [0.2, 0.25) is 5.91 Å². The zero-order valence-electron chi connectivity index (χ0n) is 65.9. The fraction of sp³-hybridized carbons (Fsp3) is 0.888. The van der Waals surface area contributed by atoms with Gasteiger partial charge < -0.3 is 45.1 Å². The van der Waals surface area contributed by atoms with Crippen LogP contribution in [0.25, 0.3) is 0 Å². The molecule has 1 amide bonds. The van der Waals surface area contributed by atoms with Crippen molar-refractivity contribution in [3.05, 3.63) is 48.6 Å². The van der Waals surface area contributed by atoms with Gasteiger partial charge >= 0.3 is 5.97 Å². The molecule has 588 valence electrons. The monoisotopic (exact) mass is 1410 g/mol. The standard InChI is InChI=1S/C89H167NO10/c1-3-5-7-9-11-13-15-17-19-20-42-46-49-53-57-61-65-69-73-77-85(94)98-78-74-70-66-62-58-54-50-47-44-41-39-37-35-33-31-29-27-25-23-21-22-24-26-28-30-32-34-36-38-40-43-45-48-52-56-60-64-68-72-76-84(93)90-81(80-99-89-88(97)87(96)86(95)83(79-91)100-89)82(92)75-71-67-63-59-55-51-18-16-14-12-10-8-6-4-2/h21-22,25,27,55,59,71,75,81-83,86-89,91-92,95-97H,3-20,23-24,26,28-54,56-58,60-70,72-74,76-80H2,1-2H3,(H,90,93)/b22-21-,27-25-,59-55+,75-71+. The van der Waals surface area contributed by atoms with E-state index in [1.54, 1.807) is 6.08 Å². The molecule has 0 aromatic carbocycles. The summed E-state index contributed by atoms with van der Waals surface area (Å²) in [6.07, 6.45) is 94.6. The molecule has 0 radical (unpaired) electrons. The van der Waals surface area contributed by atoms with Crippen LogP contribution < -0.4 is 5.32 Å². The van der Waals surface area contributed by atoms with E-state index in [0.717, 1.165) is 57.8 Å². The van der Waals surface area contributed by atoms with Gasteiger partial charge in [-0.1, -0.05) is 403 Å². The average molecular weight is 1410 g/mol. The molecule has 11 nitrogen and oxygen atoms in total. The highest BCUT2D eigenvalue weighted by Gasteiger charge is 2.44. The van der Waals surface area contributed by atoms with Gasteiger partial charge in [0.25, 0.3) is 0 Å². The average Bonchev–Trinajstić information content (AvgIpc) is 0.822. The topological polar surface area (TPSA) is 175 Å². The number of esters is 1. The molecule has 7 unspecified atom stereocenters. The van der Waals surface area contributed by atoms with E-state index in [-0.39, 0.29) is 18.5 Å². The number of aliphatic hydroxyl groups is 5. The second-order valence-corrected chi connectivity index (χ2v) is 30.6. The minimum absolute atomic E-state index is 0.0201. The highest BCUT2D eigenvalue weighted by molar-refractivity contribution is 5.76. The number of amides is 1. The Bertz CT molecular complexity index is 1800. The Kier molecular flexibility index (Phi) is 74.3. The summed E-state index contributed by atoms with van der Waals surface area (Å²) < 4.78 is 16.8. The Balaban J connectivity index is 1.88. The van der Waals surface area contributed by atoms with E-state index in [2.05, 4.69) is 55.6 Å². The van der Waals surface area contributed by atoms with Crippen LogP contribution in [-0.2, 0) is 23.8 Å². The van der Waals surface area contributed by atoms with Gasteiger partial charge in [-0.25, -0.2) is 0 Å². The third-order valence-electron chi connectivity index (χ3n) is 20.9. The van der Waals surface area contributed by atoms with E-state index in [1.165, 1.54) is 360 Å². The van der Waals surface area contributed by atoms with Crippen molar-refractivity contribution in [2.75, 3.05) is 19.8 Å². The summed E-state index contributed by atoms with van der Waals surface area (Å²) in [7, 11) is 0. The number of hydrogen-bond acceptors (Lipinski definition) is 10. The molecule has 1 rings (SSSR count). The molecule has 0 aromatic heterocycles. The third kappa shape index (κ3) is 65.2. The van der Waals surface area contributed by atoms with Crippen molar-refractivity contribution in [2.45, 2.75) is 487 Å². The van der Waals surface area contributed by atoms with E-state index in [1.807, 2.05) is 6.08 Å². The second-order valence-electron chi connectivity index (χ2n) is 30.6. The lowest BCUT2D eigenvalue weighted by molar-refractivity contribution is -0.302. The van der Waals surface area contributed by atoms with E-state index >= 15 is 0 Å². The number of carbonyl (C=O) groups excluding carboxylic acids is 2. The third-order valence-corrected chi connectivity index (χ3v) is 20.9. The summed E-state index contributed by atoms with van der Waals surface area (Å²) in [6, 6.07) is -0.826. The van der Waals surface area contributed by atoms with Crippen LogP contribution in [0.3, 0.4) is 0 Å². The molecule has 0 saturated carbocycles. The van der Waals surface area contributed by atoms with Crippen molar-refractivity contribution in [2.24, 2.45) is 0 Å². The summed E-state index contributed by atoms with van der Waals surface area (Å²) >= 11 is 0. The van der Waals surface area contributed by atoms with Gasteiger partial charge in [0, 0.05) is 12.8 Å². The van der Waals surface area contributed by atoms with E-state index in [4.69, 9.17) is 14.2 Å². The zero-order valence-corrected chi connectivity index (χ0v) is 65.9. The zero-order chi connectivity index (χ0) is 72.2. The van der Waals surface area contributed by atoms with Gasteiger partial charge in [-0.3, -0.25) is 9.59 Å². The number of aliphatic hydroxyl groups excluding tert-OH is 5. The normalized spacial score (nSPS) is 17.3. The molecule has 1 heterocycles. The Morgan fingerprint density at radius 1 is 0.370 bits per heavy atom. The van der Waals surface area contributed by atoms with Crippen LogP contribution in [0.5, 0.6) is 0 Å².